The molecule has 3 heterocycles. The monoisotopic (exact) mass is 408 g/mol. The third-order valence-electron chi connectivity index (χ3n) is 5.76. The van der Waals surface area contributed by atoms with Crippen LogP contribution in [-0.4, -0.2) is 26.7 Å². The van der Waals surface area contributed by atoms with Crippen molar-refractivity contribution in [3.8, 4) is 16.9 Å². The predicted molar refractivity (Wildman–Crippen MR) is 113 cm³/mol. The summed E-state index contributed by atoms with van der Waals surface area (Å²) in [6.45, 7) is 4.22. The maximum Gasteiger partial charge on any atom is 0.224 e. The van der Waals surface area contributed by atoms with Crippen LogP contribution in [0.3, 0.4) is 0 Å². The normalized spacial score (nSPS) is 18.6. The number of hydrogen-bond acceptors (Lipinski definition) is 5. The van der Waals surface area contributed by atoms with Crippen molar-refractivity contribution < 1.29 is 9.53 Å². The molecule has 29 heavy (non-hydrogen) atoms. The number of thiazole rings is 1. The van der Waals surface area contributed by atoms with Crippen molar-refractivity contribution in [3.05, 3.63) is 46.7 Å². The van der Waals surface area contributed by atoms with E-state index in [4.69, 9.17) is 4.74 Å². The number of anilines is 1. The van der Waals surface area contributed by atoms with Gasteiger partial charge in [0.25, 0.3) is 0 Å². The third kappa shape index (κ3) is 3.44. The molecule has 5 rings (SSSR count). The Bertz CT molecular complexity index is 1040. The van der Waals surface area contributed by atoms with Crippen molar-refractivity contribution in [1.82, 2.24) is 14.8 Å². The highest BCUT2D eigenvalue weighted by molar-refractivity contribution is 7.09. The molecule has 0 radical (unpaired) electrons. The summed E-state index contributed by atoms with van der Waals surface area (Å²) in [7, 11) is 0. The zero-order valence-corrected chi connectivity index (χ0v) is 17.5. The average molecular weight is 409 g/mol. The first-order valence-corrected chi connectivity index (χ1v) is 11.0. The summed E-state index contributed by atoms with van der Waals surface area (Å²) in [5, 5.41) is 4.56. The van der Waals surface area contributed by atoms with Crippen LogP contribution in [0.25, 0.3) is 11.1 Å². The van der Waals surface area contributed by atoms with Gasteiger partial charge in [0.05, 0.1) is 28.3 Å². The van der Waals surface area contributed by atoms with Gasteiger partial charge in [-0.1, -0.05) is 0 Å². The van der Waals surface area contributed by atoms with Crippen LogP contribution < -0.4 is 9.64 Å². The summed E-state index contributed by atoms with van der Waals surface area (Å²) in [6.07, 6.45) is 10.1. The summed E-state index contributed by atoms with van der Waals surface area (Å²) < 4.78 is 8.44. The van der Waals surface area contributed by atoms with Gasteiger partial charge in [0.2, 0.25) is 5.91 Å². The van der Waals surface area contributed by atoms with Crippen molar-refractivity contribution in [3.63, 3.8) is 0 Å². The minimum absolute atomic E-state index is 0.0705. The van der Waals surface area contributed by atoms with Crippen LogP contribution in [0.4, 0.5) is 5.69 Å². The van der Waals surface area contributed by atoms with Crippen LogP contribution in [0.5, 0.6) is 5.75 Å². The molecule has 0 bridgehead atoms. The molecule has 7 heteroatoms. The molecule has 1 fully saturated rings. The quantitative estimate of drug-likeness (QED) is 0.619. The Kier molecular flexibility index (Phi) is 4.62. The summed E-state index contributed by atoms with van der Waals surface area (Å²) >= 11 is 1.59. The maximum atomic E-state index is 12.3. The highest BCUT2D eigenvalue weighted by atomic mass is 32.1. The summed E-state index contributed by atoms with van der Waals surface area (Å²) in [4.78, 5) is 19.5. The molecule has 1 amide bonds. The van der Waals surface area contributed by atoms with Crippen molar-refractivity contribution >= 4 is 22.9 Å². The van der Waals surface area contributed by atoms with Gasteiger partial charge in [0.1, 0.15) is 12.4 Å². The molecule has 1 aliphatic heterocycles. The van der Waals surface area contributed by atoms with Crippen molar-refractivity contribution in [1.29, 1.82) is 0 Å². The Hall–Kier alpha value is -2.67. The SMILES string of the molecule is CC(=O)N1c2ccc(-c3cnn(C4CC4)c3)c(OCc3cncs3)c2CC[C@@H]1C. The van der Waals surface area contributed by atoms with Gasteiger partial charge in [0, 0.05) is 42.0 Å². The highest BCUT2D eigenvalue weighted by Gasteiger charge is 2.30. The van der Waals surface area contributed by atoms with Gasteiger partial charge >= 0.3 is 0 Å². The van der Waals surface area contributed by atoms with Crippen LogP contribution in [0, 0.1) is 0 Å². The lowest BCUT2D eigenvalue weighted by atomic mass is 9.92. The lowest BCUT2D eigenvalue weighted by Gasteiger charge is -2.36. The molecule has 0 spiro atoms. The van der Waals surface area contributed by atoms with Crippen LogP contribution >= 0.6 is 11.3 Å². The maximum absolute atomic E-state index is 12.3. The van der Waals surface area contributed by atoms with Crippen LogP contribution in [0.2, 0.25) is 0 Å². The molecule has 1 saturated carbocycles. The topological polar surface area (TPSA) is 60.2 Å². The van der Waals surface area contributed by atoms with Crippen molar-refractivity contribution in [2.75, 3.05) is 4.90 Å². The molecule has 1 aliphatic carbocycles. The van der Waals surface area contributed by atoms with Crippen LogP contribution in [0.15, 0.2) is 36.2 Å². The summed E-state index contributed by atoms with van der Waals surface area (Å²) in [6, 6.07) is 4.87. The number of benzene rings is 1. The average Bonchev–Trinajstić information content (AvgIpc) is 3.22. The first kappa shape index (κ1) is 18.4. The fourth-order valence-corrected chi connectivity index (χ4v) is 4.66. The largest absolute Gasteiger partial charge is 0.487 e. The first-order valence-electron chi connectivity index (χ1n) is 10.1. The first-order chi connectivity index (χ1) is 14.1. The van der Waals surface area contributed by atoms with Gasteiger partial charge in [-0.3, -0.25) is 14.5 Å². The van der Waals surface area contributed by atoms with Crippen molar-refractivity contribution in [2.45, 2.75) is 58.2 Å². The van der Waals surface area contributed by atoms with E-state index in [9.17, 15) is 4.79 Å². The number of fused-ring (bicyclic) bond motifs is 1. The smallest absolute Gasteiger partial charge is 0.224 e. The summed E-state index contributed by atoms with van der Waals surface area (Å²) in [5.41, 5.74) is 6.00. The lowest BCUT2D eigenvalue weighted by molar-refractivity contribution is -0.117. The number of aromatic nitrogens is 3. The third-order valence-corrected chi connectivity index (χ3v) is 6.52. The van der Waals surface area contributed by atoms with E-state index >= 15 is 0 Å². The fourth-order valence-electron chi connectivity index (χ4n) is 4.15. The number of ether oxygens (including phenoxy) is 1. The van der Waals surface area contributed by atoms with Crippen molar-refractivity contribution in [2.24, 2.45) is 0 Å². The Morgan fingerprint density at radius 3 is 2.86 bits per heavy atom. The Labute approximate surface area is 174 Å². The molecule has 6 nitrogen and oxygen atoms in total. The van der Waals surface area contributed by atoms with E-state index < -0.39 is 0 Å². The van der Waals surface area contributed by atoms with E-state index in [0.717, 1.165) is 45.8 Å². The molecule has 1 aromatic carbocycles. The second-order valence-corrected chi connectivity index (χ2v) is 8.88. The van der Waals surface area contributed by atoms with E-state index in [0.29, 0.717) is 12.6 Å². The molecule has 2 aromatic heterocycles. The Balaban J connectivity index is 1.58. The van der Waals surface area contributed by atoms with E-state index in [1.807, 2.05) is 22.8 Å². The van der Waals surface area contributed by atoms with Gasteiger partial charge < -0.3 is 9.64 Å². The number of carbonyl (C=O) groups is 1. The highest BCUT2D eigenvalue weighted by Crippen LogP contribution is 2.44. The molecular weight excluding hydrogens is 384 g/mol. The molecule has 0 N–H and O–H groups in total. The number of hydrogen-bond donors (Lipinski definition) is 0. The summed E-state index contributed by atoms with van der Waals surface area (Å²) in [5.74, 6) is 0.936. The van der Waals surface area contributed by atoms with Gasteiger partial charge in [-0.05, 0) is 44.7 Å². The Morgan fingerprint density at radius 1 is 1.28 bits per heavy atom. The standard InChI is InChI=1S/C22H24N4O2S/c1-14-3-6-20-21(26(14)15(2)27)8-7-19(16-9-24-25(11-16)17-4-5-17)22(20)28-12-18-10-23-13-29-18/h7-11,13-14,17H,3-6,12H2,1-2H3/t14-/m0/s1. The molecule has 3 aromatic rings. The molecule has 2 aliphatic rings. The number of rotatable bonds is 5. The van der Waals surface area contributed by atoms with Crippen LogP contribution in [-0.2, 0) is 17.8 Å². The zero-order valence-electron chi connectivity index (χ0n) is 16.7. The minimum Gasteiger partial charge on any atom is -0.487 e. The minimum atomic E-state index is 0.0705. The molecule has 150 valence electrons. The van der Waals surface area contributed by atoms with E-state index in [1.165, 1.54) is 12.8 Å². The van der Waals surface area contributed by atoms with Gasteiger partial charge in [-0.2, -0.15) is 5.10 Å². The second-order valence-electron chi connectivity index (χ2n) is 7.91. The predicted octanol–water partition coefficient (Wildman–Crippen LogP) is 4.61. The number of carbonyl (C=O) groups excluding carboxylic acids is 1. The van der Waals surface area contributed by atoms with Gasteiger partial charge in [-0.25, -0.2) is 0 Å². The molecule has 0 unspecified atom stereocenters. The van der Waals surface area contributed by atoms with Gasteiger partial charge in [0.15, 0.2) is 0 Å². The number of amides is 1. The number of nitrogens with zero attached hydrogens (tertiary/aromatic N) is 4. The second kappa shape index (κ2) is 7.30. The van der Waals surface area contributed by atoms with Gasteiger partial charge in [-0.15, -0.1) is 11.3 Å². The van der Waals surface area contributed by atoms with E-state index in [-0.39, 0.29) is 11.9 Å². The fraction of sp³-hybridized carbons (Fsp3) is 0.409. The molecule has 0 saturated heterocycles. The lowest BCUT2D eigenvalue weighted by Crippen LogP contribution is -2.40. The molecular formula is C22H24N4O2S. The Morgan fingerprint density at radius 2 is 2.14 bits per heavy atom. The molecule has 1 atom stereocenters. The zero-order chi connectivity index (χ0) is 20.0. The van der Waals surface area contributed by atoms with Crippen LogP contribution in [0.1, 0.15) is 49.6 Å². The van der Waals surface area contributed by atoms with E-state index in [2.05, 4.69) is 40.0 Å². The van der Waals surface area contributed by atoms with E-state index in [1.54, 1.807) is 18.3 Å².